The van der Waals surface area contributed by atoms with Gasteiger partial charge in [0.25, 0.3) is 0 Å². The highest BCUT2D eigenvalue weighted by Gasteiger charge is 2.63. The van der Waals surface area contributed by atoms with E-state index in [2.05, 4.69) is 26.5 Å². The van der Waals surface area contributed by atoms with Crippen LogP contribution in [0.25, 0.3) is 0 Å². The van der Waals surface area contributed by atoms with Crippen molar-refractivity contribution in [2.75, 3.05) is 0 Å². The minimum absolute atomic E-state index is 0.0229. The second-order valence-electron chi connectivity index (χ2n) is 8.85. The van der Waals surface area contributed by atoms with Gasteiger partial charge in [0.15, 0.2) is 5.78 Å². The molecule has 5 atom stereocenters. The van der Waals surface area contributed by atoms with E-state index in [1.54, 1.807) is 0 Å². The van der Waals surface area contributed by atoms with Crippen LogP contribution in [-0.4, -0.2) is 21.6 Å². The van der Waals surface area contributed by atoms with Crippen LogP contribution in [-0.2, 0) is 4.79 Å². The van der Waals surface area contributed by atoms with Gasteiger partial charge >= 0.3 is 0 Å². The van der Waals surface area contributed by atoms with Crippen molar-refractivity contribution in [2.24, 2.45) is 22.7 Å². The molecule has 0 aromatic heterocycles. The fourth-order valence-corrected chi connectivity index (χ4v) is 6.34. The lowest BCUT2D eigenvalue weighted by Crippen LogP contribution is -2.51. The van der Waals surface area contributed by atoms with Crippen LogP contribution in [0.4, 0.5) is 0 Å². The SMILES string of the molecule is C=C(O)[C@@]1(O)CC[C@H]2C3CCC4=CC(=O)CCC4(C)C3=CCC21C. The fraction of sp³-hybridized carbons (Fsp3) is 0.667. The molecule has 4 aliphatic rings. The summed E-state index contributed by atoms with van der Waals surface area (Å²) in [6.07, 6.45) is 10.1. The maximum Gasteiger partial charge on any atom is 0.155 e. The van der Waals surface area contributed by atoms with Gasteiger partial charge in [0, 0.05) is 17.3 Å². The number of hydrogen-bond acceptors (Lipinski definition) is 3. The van der Waals surface area contributed by atoms with E-state index in [9.17, 15) is 15.0 Å². The summed E-state index contributed by atoms with van der Waals surface area (Å²) in [6.45, 7) is 8.10. The number of carbonyl (C=O) groups is 1. The van der Waals surface area contributed by atoms with E-state index in [4.69, 9.17) is 0 Å². The minimum Gasteiger partial charge on any atom is -0.510 e. The summed E-state index contributed by atoms with van der Waals surface area (Å²) in [6, 6.07) is 0. The summed E-state index contributed by atoms with van der Waals surface area (Å²) in [5, 5.41) is 21.2. The summed E-state index contributed by atoms with van der Waals surface area (Å²) in [5.41, 5.74) is 1.32. The molecule has 0 aromatic carbocycles. The Morgan fingerprint density at radius 2 is 2.00 bits per heavy atom. The highest BCUT2D eigenvalue weighted by atomic mass is 16.3. The average Bonchev–Trinajstić information content (AvgIpc) is 2.81. The Labute approximate surface area is 144 Å². The van der Waals surface area contributed by atoms with E-state index in [1.165, 1.54) is 11.1 Å². The molecule has 0 spiro atoms. The number of aliphatic hydroxyl groups excluding tert-OH is 1. The molecule has 0 heterocycles. The first-order chi connectivity index (χ1) is 11.2. The molecule has 0 bridgehead atoms. The lowest BCUT2D eigenvalue weighted by atomic mass is 9.50. The molecule has 0 aromatic rings. The van der Waals surface area contributed by atoms with Gasteiger partial charge in [0.2, 0.25) is 0 Å². The third-order valence-corrected chi connectivity index (χ3v) is 7.97. The molecule has 2 N–H and O–H groups in total. The van der Waals surface area contributed by atoms with Crippen LogP contribution in [0.5, 0.6) is 0 Å². The van der Waals surface area contributed by atoms with Gasteiger partial charge in [-0.1, -0.05) is 37.6 Å². The van der Waals surface area contributed by atoms with E-state index >= 15 is 0 Å². The third kappa shape index (κ3) is 1.79. The van der Waals surface area contributed by atoms with Gasteiger partial charge < -0.3 is 10.2 Å². The van der Waals surface area contributed by atoms with E-state index < -0.39 is 5.60 Å². The smallest absolute Gasteiger partial charge is 0.155 e. The summed E-state index contributed by atoms with van der Waals surface area (Å²) in [7, 11) is 0. The molecule has 3 nitrogen and oxygen atoms in total. The Morgan fingerprint density at radius 3 is 2.71 bits per heavy atom. The molecular formula is C21H28O3. The maximum atomic E-state index is 11.8. The third-order valence-electron chi connectivity index (χ3n) is 7.97. The number of fused-ring (bicyclic) bond motifs is 5. The molecule has 24 heavy (non-hydrogen) atoms. The van der Waals surface area contributed by atoms with Crippen LogP contribution in [0.3, 0.4) is 0 Å². The average molecular weight is 328 g/mol. The number of ketones is 1. The molecular weight excluding hydrogens is 300 g/mol. The van der Waals surface area contributed by atoms with Gasteiger partial charge in [-0.25, -0.2) is 0 Å². The molecule has 130 valence electrons. The van der Waals surface area contributed by atoms with Crippen LogP contribution < -0.4 is 0 Å². The topological polar surface area (TPSA) is 57.5 Å². The molecule has 3 unspecified atom stereocenters. The zero-order valence-electron chi connectivity index (χ0n) is 14.8. The first kappa shape index (κ1) is 16.1. The molecule has 4 aliphatic carbocycles. The first-order valence-corrected chi connectivity index (χ1v) is 9.27. The summed E-state index contributed by atoms with van der Waals surface area (Å²) in [4.78, 5) is 11.8. The van der Waals surface area contributed by atoms with Crippen LogP contribution in [0, 0.1) is 22.7 Å². The summed E-state index contributed by atoms with van der Waals surface area (Å²) >= 11 is 0. The molecule has 0 saturated heterocycles. The Bertz CT molecular complexity index is 687. The van der Waals surface area contributed by atoms with Crippen molar-refractivity contribution in [1.29, 1.82) is 0 Å². The van der Waals surface area contributed by atoms with Gasteiger partial charge in [-0.3, -0.25) is 4.79 Å². The Balaban J connectivity index is 1.77. The van der Waals surface area contributed by atoms with E-state index in [-0.39, 0.29) is 22.4 Å². The number of rotatable bonds is 1. The predicted molar refractivity (Wildman–Crippen MR) is 93.4 cm³/mol. The number of hydrogen-bond donors (Lipinski definition) is 2. The zero-order valence-corrected chi connectivity index (χ0v) is 14.8. The molecule has 0 radical (unpaired) electrons. The van der Waals surface area contributed by atoms with Gasteiger partial charge in [-0.2, -0.15) is 0 Å². The highest BCUT2D eigenvalue weighted by molar-refractivity contribution is 5.92. The van der Waals surface area contributed by atoms with E-state index in [0.717, 1.165) is 32.1 Å². The number of allylic oxidation sites excluding steroid dienone is 4. The molecule has 0 amide bonds. The molecule has 3 heteroatoms. The van der Waals surface area contributed by atoms with E-state index in [0.29, 0.717) is 24.7 Å². The molecule has 2 saturated carbocycles. The second-order valence-corrected chi connectivity index (χ2v) is 8.85. The predicted octanol–water partition coefficient (Wildman–Crippen LogP) is 4.24. The number of aliphatic hydroxyl groups is 2. The van der Waals surface area contributed by atoms with Crippen LogP contribution >= 0.6 is 0 Å². The normalized spacial score (nSPS) is 47.2. The van der Waals surface area contributed by atoms with Crippen molar-refractivity contribution in [3.63, 3.8) is 0 Å². The standard InChI is InChI=1S/C21H28O3/c1-13(22)21(24)11-8-18-16-5-4-14-12-15(23)6-9-19(14,2)17(16)7-10-20(18,21)3/h7,12,16,18,22,24H,1,4-6,8-11H2,2-3H3/t16?,18-,19?,20?,21-/m0/s1. The van der Waals surface area contributed by atoms with E-state index in [1.807, 2.05) is 6.08 Å². The van der Waals surface area contributed by atoms with Crippen molar-refractivity contribution >= 4 is 5.78 Å². The van der Waals surface area contributed by atoms with Crippen LogP contribution in [0.15, 0.2) is 35.6 Å². The minimum atomic E-state index is -1.17. The Kier molecular flexibility index (Phi) is 3.26. The largest absolute Gasteiger partial charge is 0.510 e. The highest BCUT2D eigenvalue weighted by Crippen LogP contribution is 2.66. The van der Waals surface area contributed by atoms with Crippen LogP contribution in [0.1, 0.15) is 58.8 Å². The first-order valence-electron chi connectivity index (χ1n) is 9.27. The fourth-order valence-electron chi connectivity index (χ4n) is 6.34. The van der Waals surface area contributed by atoms with Crippen molar-refractivity contribution in [3.05, 3.63) is 35.6 Å². The lowest BCUT2D eigenvalue weighted by Gasteiger charge is -2.54. The van der Waals surface area contributed by atoms with Crippen molar-refractivity contribution < 1.29 is 15.0 Å². The Hall–Kier alpha value is -1.35. The monoisotopic (exact) mass is 328 g/mol. The zero-order chi connectivity index (χ0) is 17.3. The van der Waals surface area contributed by atoms with Crippen LogP contribution in [0.2, 0.25) is 0 Å². The van der Waals surface area contributed by atoms with Gasteiger partial charge in [0.05, 0.1) is 0 Å². The van der Waals surface area contributed by atoms with Gasteiger partial charge in [-0.15, -0.1) is 0 Å². The molecule has 0 aliphatic heterocycles. The summed E-state index contributed by atoms with van der Waals surface area (Å²) < 4.78 is 0. The lowest BCUT2D eigenvalue weighted by molar-refractivity contribution is -0.115. The second kappa shape index (κ2) is 4.85. The van der Waals surface area contributed by atoms with Crippen molar-refractivity contribution in [3.8, 4) is 0 Å². The van der Waals surface area contributed by atoms with Crippen molar-refractivity contribution in [1.82, 2.24) is 0 Å². The quantitative estimate of drug-likeness (QED) is 0.559. The van der Waals surface area contributed by atoms with Crippen molar-refractivity contribution in [2.45, 2.75) is 64.4 Å². The van der Waals surface area contributed by atoms with Gasteiger partial charge in [-0.05, 0) is 56.4 Å². The number of carbonyl (C=O) groups excluding carboxylic acids is 1. The maximum absolute atomic E-state index is 11.8. The Morgan fingerprint density at radius 1 is 1.25 bits per heavy atom. The van der Waals surface area contributed by atoms with Gasteiger partial charge in [0.1, 0.15) is 11.4 Å². The summed E-state index contributed by atoms with van der Waals surface area (Å²) in [5.74, 6) is 1.03. The molecule has 4 rings (SSSR count). The molecule has 2 fully saturated rings.